The lowest BCUT2D eigenvalue weighted by molar-refractivity contribution is 1.26. The highest BCUT2D eigenvalue weighted by atomic mass is 14.2. The molecule has 0 amide bonds. The van der Waals surface area contributed by atoms with Gasteiger partial charge in [-0.25, -0.2) is 0 Å². The average molecular weight is 519 g/mol. The zero-order valence-corrected chi connectivity index (χ0v) is 22.6. The Kier molecular flexibility index (Phi) is 4.77. The monoisotopic (exact) mass is 518 g/mol. The smallest absolute Gasteiger partial charge is 0.00134 e. The van der Waals surface area contributed by atoms with Gasteiger partial charge in [-0.2, -0.15) is 0 Å². The Hall–Kier alpha value is -5.20. The van der Waals surface area contributed by atoms with Gasteiger partial charge in [0.1, 0.15) is 0 Å². The minimum Gasteiger partial charge on any atom is -0.0619 e. The van der Waals surface area contributed by atoms with Gasteiger partial charge in [-0.3, -0.25) is 0 Å². The first-order valence-electron chi connectivity index (χ1n) is 14.4. The van der Waals surface area contributed by atoms with Gasteiger partial charge in [0.05, 0.1) is 0 Å². The van der Waals surface area contributed by atoms with Crippen LogP contribution < -0.4 is 0 Å². The highest BCUT2D eigenvalue weighted by Crippen LogP contribution is 2.47. The van der Waals surface area contributed by atoms with Crippen LogP contribution in [-0.2, 0) is 6.42 Å². The van der Waals surface area contributed by atoms with E-state index in [4.69, 9.17) is 0 Å². The zero-order valence-electron chi connectivity index (χ0n) is 22.6. The van der Waals surface area contributed by atoms with Crippen molar-refractivity contribution in [1.29, 1.82) is 0 Å². The Morgan fingerprint density at radius 2 is 0.854 bits per heavy atom. The lowest BCUT2D eigenvalue weighted by Gasteiger charge is -2.20. The summed E-state index contributed by atoms with van der Waals surface area (Å²) in [5.41, 5.74) is 10.8. The third-order valence-electron chi connectivity index (χ3n) is 9.06. The van der Waals surface area contributed by atoms with Crippen molar-refractivity contribution in [2.24, 2.45) is 0 Å². The van der Waals surface area contributed by atoms with Crippen molar-refractivity contribution in [3.63, 3.8) is 0 Å². The summed E-state index contributed by atoms with van der Waals surface area (Å²) in [5, 5.41) is 10.4. The molecule has 0 aliphatic heterocycles. The molecule has 0 heteroatoms. The van der Waals surface area contributed by atoms with Crippen LogP contribution >= 0.6 is 0 Å². The lowest BCUT2D eigenvalue weighted by atomic mass is 9.83. The van der Waals surface area contributed by atoms with Crippen molar-refractivity contribution < 1.29 is 0 Å². The van der Waals surface area contributed by atoms with Crippen LogP contribution in [0.5, 0.6) is 0 Å². The minimum atomic E-state index is 1.02. The molecule has 0 radical (unpaired) electrons. The first kappa shape index (κ1) is 22.6. The summed E-state index contributed by atoms with van der Waals surface area (Å²) in [7, 11) is 0. The Labute approximate surface area is 239 Å². The van der Waals surface area contributed by atoms with Crippen molar-refractivity contribution in [2.75, 3.05) is 0 Å². The molecule has 9 rings (SSSR count). The maximum Gasteiger partial charge on any atom is -0.00134 e. The SMILES string of the molecule is c1ccc2c(c1)Cc1ccc(-c3c4ccccc4c(-c4cc5ccccc5c5ccccc45)c4ccccc34)cc1-2. The molecule has 8 aromatic rings. The molecule has 0 atom stereocenters. The van der Waals surface area contributed by atoms with Crippen molar-refractivity contribution in [1.82, 2.24) is 0 Å². The fourth-order valence-electron chi connectivity index (χ4n) is 7.27. The Morgan fingerprint density at radius 3 is 1.59 bits per heavy atom. The van der Waals surface area contributed by atoms with Crippen molar-refractivity contribution in [3.05, 3.63) is 157 Å². The van der Waals surface area contributed by atoms with E-state index in [0.29, 0.717) is 0 Å². The van der Waals surface area contributed by atoms with Gasteiger partial charge in [0.15, 0.2) is 0 Å². The van der Waals surface area contributed by atoms with Crippen LogP contribution in [0.3, 0.4) is 0 Å². The molecular formula is C41H26. The summed E-state index contributed by atoms with van der Waals surface area (Å²) in [6.07, 6.45) is 1.02. The van der Waals surface area contributed by atoms with Gasteiger partial charge in [-0.15, -0.1) is 0 Å². The molecule has 0 fully saturated rings. The molecule has 190 valence electrons. The van der Waals surface area contributed by atoms with Gasteiger partial charge in [-0.05, 0) is 106 Å². The predicted molar refractivity (Wildman–Crippen MR) is 176 cm³/mol. The molecule has 0 spiro atoms. The second-order valence-electron chi connectivity index (χ2n) is 11.2. The fraction of sp³-hybridized carbons (Fsp3) is 0.0244. The molecule has 0 bridgehead atoms. The van der Waals surface area contributed by atoms with E-state index in [-0.39, 0.29) is 0 Å². The van der Waals surface area contributed by atoms with Crippen molar-refractivity contribution >= 4 is 43.1 Å². The van der Waals surface area contributed by atoms with Crippen LogP contribution in [0.25, 0.3) is 76.5 Å². The van der Waals surface area contributed by atoms with Crippen LogP contribution in [0.2, 0.25) is 0 Å². The largest absolute Gasteiger partial charge is 0.0619 e. The van der Waals surface area contributed by atoms with Crippen LogP contribution in [0.4, 0.5) is 0 Å². The van der Waals surface area contributed by atoms with E-state index >= 15 is 0 Å². The van der Waals surface area contributed by atoms with E-state index < -0.39 is 0 Å². The molecular weight excluding hydrogens is 492 g/mol. The van der Waals surface area contributed by atoms with Gasteiger partial charge in [0.25, 0.3) is 0 Å². The van der Waals surface area contributed by atoms with Crippen molar-refractivity contribution in [3.8, 4) is 33.4 Å². The topological polar surface area (TPSA) is 0 Å². The molecule has 0 unspecified atom stereocenters. The second kappa shape index (κ2) is 8.65. The summed E-state index contributed by atoms with van der Waals surface area (Å²) in [6.45, 7) is 0. The number of rotatable bonds is 2. The van der Waals surface area contributed by atoms with E-state index in [1.807, 2.05) is 0 Å². The summed E-state index contributed by atoms with van der Waals surface area (Å²) in [6, 6.07) is 54.0. The molecule has 0 heterocycles. The van der Waals surface area contributed by atoms with Crippen LogP contribution in [0.1, 0.15) is 11.1 Å². The van der Waals surface area contributed by atoms with Gasteiger partial charge < -0.3 is 0 Å². The third kappa shape index (κ3) is 3.28. The van der Waals surface area contributed by atoms with E-state index in [1.54, 1.807) is 0 Å². The van der Waals surface area contributed by atoms with E-state index in [0.717, 1.165) is 6.42 Å². The first-order valence-corrected chi connectivity index (χ1v) is 14.4. The maximum absolute atomic E-state index is 2.43. The predicted octanol–water partition coefficient (Wildman–Crippen LogP) is 11.2. The Bertz CT molecular complexity index is 2280. The Balaban J connectivity index is 1.41. The lowest BCUT2D eigenvalue weighted by Crippen LogP contribution is -1.92. The molecule has 0 aromatic heterocycles. The molecule has 1 aliphatic rings. The van der Waals surface area contributed by atoms with E-state index in [1.165, 1.54) is 87.6 Å². The zero-order chi connectivity index (χ0) is 26.9. The highest BCUT2D eigenvalue weighted by Gasteiger charge is 2.22. The molecule has 0 nitrogen and oxygen atoms in total. The number of hydrogen-bond donors (Lipinski definition) is 0. The second-order valence-corrected chi connectivity index (χ2v) is 11.2. The average Bonchev–Trinajstić information content (AvgIpc) is 3.41. The summed E-state index contributed by atoms with van der Waals surface area (Å²) >= 11 is 0. The number of fused-ring (bicyclic) bond motifs is 8. The normalized spacial score (nSPS) is 12.3. The van der Waals surface area contributed by atoms with E-state index in [2.05, 4.69) is 146 Å². The minimum absolute atomic E-state index is 1.02. The molecule has 8 aromatic carbocycles. The first-order chi connectivity index (χ1) is 20.3. The van der Waals surface area contributed by atoms with Crippen LogP contribution in [0.15, 0.2) is 146 Å². The van der Waals surface area contributed by atoms with Gasteiger partial charge in [0.2, 0.25) is 0 Å². The standard InChI is InChI=1S/C41H26/c1-4-14-31-26(11-1)23-28-21-22-29(25-38(28)31)40-34-17-7-9-19-36(34)41(37-20-10-8-18-35(37)40)39-24-27-12-2-3-13-30(27)32-15-5-6-16-33(32)39/h1-22,24-25H,23H2. The van der Waals surface area contributed by atoms with Crippen LogP contribution in [-0.4, -0.2) is 0 Å². The fourth-order valence-corrected chi connectivity index (χ4v) is 7.27. The molecule has 0 saturated heterocycles. The van der Waals surface area contributed by atoms with E-state index in [9.17, 15) is 0 Å². The highest BCUT2D eigenvalue weighted by molar-refractivity contribution is 6.25. The maximum atomic E-state index is 2.43. The number of hydrogen-bond acceptors (Lipinski definition) is 0. The Morgan fingerprint density at radius 1 is 0.317 bits per heavy atom. The summed E-state index contributed by atoms with van der Waals surface area (Å²) < 4.78 is 0. The van der Waals surface area contributed by atoms with Crippen molar-refractivity contribution in [2.45, 2.75) is 6.42 Å². The molecule has 0 saturated carbocycles. The quantitative estimate of drug-likeness (QED) is 0.158. The molecule has 1 aliphatic carbocycles. The number of benzene rings is 8. The summed E-state index contributed by atoms with van der Waals surface area (Å²) in [4.78, 5) is 0. The molecule has 41 heavy (non-hydrogen) atoms. The third-order valence-corrected chi connectivity index (χ3v) is 9.06. The van der Waals surface area contributed by atoms with Crippen LogP contribution in [0, 0.1) is 0 Å². The van der Waals surface area contributed by atoms with Gasteiger partial charge >= 0.3 is 0 Å². The molecule has 0 N–H and O–H groups in total. The van der Waals surface area contributed by atoms with Gasteiger partial charge in [-0.1, -0.05) is 133 Å². The summed E-state index contributed by atoms with van der Waals surface area (Å²) in [5.74, 6) is 0. The van der Waals surface area contributed by atoms with Gasteiger partial charge in [0, 0.05) is 0 Å².